The van der Waals surface area contributed by atoms with Gasteiger partial charge in [0, 0.05) is 10.4 Å². The van der Waals surface area contributed by atoms with Crippen molar-refractivity contribution in [2.75, 3.05) is 0 Å². The van der Waals surface area contributed by atoms with Crippen molar-refractivity contribution in [1.82, 2.24) is 5.32 Å². The van der Waals surface area contributed by atoms with Crippen molar-refractivity contribution in [3.8, 4) is 0 Å². The van der Waals surface area contributed by atoms with Crippen LogP contribution < -0.4 is 11.1 Å². The van der Waals surface area contributed by atoms with Crippen LogP contribution in [0, 0.1) is 5.41 Å². The molecular formula is C13H22N2OS. The van der Waals surface area contributed by atoms with Crippen LogP contribution in [-0.4, -0.2) is 11.4 Å². The number of thiophene rings is 1. The molecule has 96 valence electrons. The number of rotatable bonds is 4. The van der Waals surface area contributed by atoms with E-state index in [1.165, 1.54) is 0 Å². The van der Waals surface area contributed by atoms with Gasteiger partial charge in [0.1, 0.15) is 0 Å². The fourth-order valence-corrected chi connectivity index (χ4v) is 2.01. The molecule has 0 aliphatic carbocycles. The first kappa shape index (κ1) is 14.2. The molecule has 0 bridgehead atoms. The monoisotopic (exact) mass is 254 g/mol. The van der Waals surface area contributed by atoms with Gasteiger partial charge in [0.2, 0.25) is 5.91 Å². The third kappa shape index (κ3) is 3.07. The molecule has 17 heavy (non-hydrogen) atoms. The Morgan fingerprint density at radius 1 is 1.41 bits per heavy atom. The van der Waals surface area contributed by atoms with Gasteiger partial charge in [0.25, 0.3) is 0 Å². The van der Waals surface area contributed by atoms with Crippen molar-refractivity contribution in [1.29, 1.82) is 0 Å². The molecule has 1 heterocycles. The third-order valence-electron chi connectivity index (χ3n) is 3.50. The van der Waals surface area contributed by atoms with Crippen molar-refractivity contribution in [2.45, 2.75) is 46.2 Å². The zero-order valence-electron chi connectivity index (χ0n) is 11.2. The fraction of sp³-hybridized carbons (Fsp3) is 0.615. The van der Waals surface area contributed by atoms with Crippen molar-refractivity contribution in [2.24, 2.45) is 11.1 Å². The Kier molecular flexibility index (Phi) is 3.99. The van der Waals surface area contributed by atoms with Gasteiger partial charge in [0.05, 0.1) is 11.5 Å². The number of carbonyl (C=O) groups excluding carboxylic acids is 1. The Morgan fingerprint density at radius 2 is 2.00 bits per heavy atom. The van der Waals surface area contributed by atoms with E-state index in [2.05, 4.69) is 5.32 Å². The quantitative estimate of drug-likeness (QED) is 0.868. The van der Waals surface area contributed by atoms with E-state index in [1.54, 1.807) is 11.3 Å². The van der Waals surface area contributed by atoms with Crippen LogP contribution >= 0.6 is 11.3 Å². The first-order valence-electron chi connectivity index (χ1n) is 5.79. The summed E-state index contributed by atoms with van der Waals surface area (Å²) in [6.07, 6.45) is 0. The Labute approximate surface area is 107 Å². The highest BCUT2D eigenvalue weighted by Crippen LogP contribution is 2.29. The van der Waals surface area contributed by atoms with Crippen LogP contribution in [0.3, 0.4) is 0 Å². The average Bonchev–Trinajstić information content (AvgIpc) is 2.68. The van der Waals surface area contributed by atoms with E-state index < -0.39 is 11.0 Å². The molecular weight excluding hydrogens is 232 g/mol. The summed E-state index contributed by atoms with van der Waals surface area (Å²) in [4.78, 5) is 13.4. The lowest BCUT2D eigenvalue weighted by Crippen LogP contribution is -2.55. The minimum Gasteiger partial charge on any atom is -0.348 e. The third-order valence-corrected chi connectivity index (χ3v) is 4.55. The summed E-state index contributed by atoms with van der Waals surface area (Å²) in [5, 5.41) is 5.03. The van der Waals surface area contributed by atoms with Gasteiger partial charge in [-0.25, -0.2) is 0 Å². The molecule has 1 atom stereocenters. The molecule has 0 fully saturated rings. The first-order chi connectivity index (χ1) is 7.66. The summed E-state index contributed by atoms with van der Waals surface area (Å²) in [5.41, 5.74) is 4.90. The summed E-state index contributed by atoms with van der Waals surface area (Å²) in [7, 11) is 0. The van der Waals surface area contributed by atoms with Gasteiger partial charge in [-0.3, -0.25) is 4.79 Å². The second kappa shape index (κ2) is 4.78. The minimum atomic E-state index is -0.599. The predicted octanol–water partition coefficient (Wildman–Crippen LogP) is 2.69. The normalized spacial score (nSPS) is 14.5. The van der Waals surface area contributed by atoms with Crippen LogP contribution in [-0.2, 0) is 4.79 Å². The van der Waals surface area contributed by atoms with Gasteiger partial charge >= 0.3 is 0 Å². The minimum absolute atomic E-state index is 0.00843. The summed E-state index contributed by atoms with van der Waals surface area (Å²) in [6, 6.07) is 4.04. The topological polar surface area (TPSA) is 55.1 Å². The fourth-order valence-electron chi connectivity index (χ4n) is 1.28. The van der Waals surface area contributed by atoms with Crippen LogP contribution in [0.5, 0.6) is 0 Å². The molecule has 1 aromatic rings. The number of hydrogen-bond donors (Lipinski definition) is 2. The Balaban J connectivity index is 2.73. The maximum absolute atomic E-state index is 12.2. The standard InChI is InChI=1S/C13H22N2OS/c1-9(10-7-6-8-17-10)15-11(16)12(2,3)13(4,5)14/h6-9H,14H2,1-5H3,(H,15,16). The molecule has 1 aromatic heterocycles. The van der Waals surface area contributed by atoms with Crippen molar-refractivity contribution in [3.63, 3.8) is 0 Å². The highest BCUT2D eigenvalue weighted by atomic mass is 32.1. The second-order valence-corrected chi connectivity index (χ2v) is 6.54. The first-order valence-corrected chi connectivity index (χ1v) is 6.67. The smallest absolute Gasteiger partial charge is 0.227 e. The number of amides is 1. The van der Waals surface area contributed by atoms with Gasteiger partial charge in [-0.15, -0.1) is 11.3 Å². The van der Waals surface area contributed by atoms with Gasteiger partial charge in [0.15, 0.2) is 0 Å². The molecule has 1 amide bonds. The summed E-state index contributed by atoms with van der Waals surface area (Å²) >= 11 is 1.65. The van der Waals surface area contributed by atoms with Crippen LogP contribution in [0.1, 0.15) is 45.5 Å². The maximum Gasteiger partial charge on any atom is 0.227 e. The van der Waals surface area contributed by atoms with Crippen molar-refractivity contribution < 1.29 is 4.79 Å². The summed E-state index contributed by atoms with van der Waals surface area (Å²) < 4.78 is 0. The molecule has 0 radical (unpaired) electrons. The van der Waals surface area contributed by atoms with Crippen LogP contribution in [0.25, 0.3) is 0 Å². The summed E-state index contributed by atoms with van der Waals surface area (Å²) in [5.74, 6) is -0.00843. The molecule has 0 saturated heterocycles. The summed E-state index contributed by atoms with van der Waals surface area (Å²) in [6.45, 7) is 9.50. The van der Waals surface area contributed by atoms with E-state index >= 15 is 0 Å². The van der Waals surface area contributed by atoms with E-state index in [-0.39, 0.29) is 11.9 Å². The average molecular weight is 254 g/mol. The van der Waals surface area contributed by atoms with E-state index in [0.717, 1.165) is 4.88 Å². The highest BCUT2D eigenvalue weighted by molar-refractivity contribution is 7.10. The van der Waals surface area contributed by atoms with Crippen molar-refractivity contribution >= 4 is 17.2 Å². The van der Waals surface area contributed by atoms with Gasteiger partial charge in [-0.1, -0.05) is 6.07 Å². The van der Waals surface area contributed by atoms with E-state index in [9.17, 15) is 4.79 Å². The molecule has 4 heteroatoms. The Morgan fingerprint density at radius 3 is 2.41 bits per heavy atom. The Bertz CT molecular complexity index is 377. The van der Waals surface area contributed by atoms with Crippen LogP contribution in [0.2, 0.25) is 0 Å². The lowest BCUT2D eigenvalue weighted by molar-refractivity contribution is -0.132. The van der Waals surface area contributed by atoms with Gasteiger partial charge in [-0.2, -0.15) is 0 Å². The zero-order chi connectivity index (χ0) is 13.3. The lowest BCUT2D eigenvalue weighted by Gasteiger charge is -2.37. The zero-order valence-corrected chi connectivity index (χ0v) is 12.0. The number of hydrogen-bond acceptors (Lipinski definition) is 3. The molecule has 1 unspecified atom stereocenters. The van der Waals surface area contributed by atoms with Crippen LogP contribution in [0.15, 0.2) is 17.5 Å². The number of carbonyl (C=O) groups is 1. The Hall–Kier alpha value is -0.870. The van der Waals surface area contributed by atoms with Crippen molar-refractivity contribution in [3.05, 3.63) is 22.4 Å². The predicted molar refractivity (Wildman–Crippen MR) is 72.9 cm³/mol. The SMILES string of the molecule is CC(NC(=O)C(C)(C)C(C)(C)N)c1cccs1. The second-order valence-electron chi connectivity index (χ2n) is 5.56. The molecule has 3 nitrogen and oxygen atoms in total. The molecule has 0 aliphatic rings. The molecule has 0 saturated carbocycles. The van der Waals surface area contributed by atoms with E-state index in [0.29, 0.717) is 0 Å². The lowest BCUT2D eigenvalue weighted by atomic mass is 9.74. The molecule has 3 N–H and O–H groups in total. The largest absolute Gasteiger partial charge is 0.348 e. The molecule has 0 aromatic carbocycles. The van der Waals surface area contributed by atoms with Gasteiger partial charge in [-0.05, 0) is 46.1 Å². The molecule has 0 spiro atoms. The van der Waals surface area contributed by atoms with Crippen LogP contribution in [0.4, 0.5) is 0 Å². The number of nitrogens with two attached hydrogens (primary N) is 1. The highest BCUT2D eigenvalue weighted by Gasteiger charge is 2.40. The molecule has 0 aliphatic heterocycles. The van der Waals surface area contributed by atoms with Gasteiger partial charge < -0.3 is 11.1 Å². The van der Waals surface area contributed by atoms with E-state index in [4.69, 9.17) is 5.73 Å². The molecule has 1 rings (SSSR count). The van der Waals surface area contributed by atoms with E-state index in [1.807, 2.05) is 52.1 Å². The number of nitrogens with one attached hydrogen (secondary N) is 1. The maximum atomic E-state index is 12.2.